The monoisotopic (exact) mass is 267 g/mol. The highest BCUT2D eigenvalue weighted by molar-refractivity contribution is 5.42. The first-order chi connectivity index (χ1) is 9.20. The van der Waals surface area contributed by atoms with Crippen molar-refractivity contribution in [1.82, 2.24) is 9.80 Å². The highest BCUT2D eigenvalue weighted by atomic mass is 19.1. The van der Waals surface area contributed by atoms with Crippen LogP contribution in [0.4, 0.5) is 10.1 Å². The van der Waals surface area contributed by atoms with Gasteiger partial charge in [0.2, 0.25) is 0 Å². The molecule has 0 unspecified atom stereocenters. The van der Waals surface area contributed by atoms with Crippen LogP contribution in [-0.4, -0.2) is 54.2 Å². The molecule has 3 N–H and O–H groups in total. The Balaban J connectivity index is 1.94. The van der Waals surface area contributed by atoms with Crippen molar-refractivity contribution in [1.29, 1.82) is 0 Å². The topological polar surface area (TPSA) is 52.7 Å². The van der Waals surface area contributed by atoms with Gasteiger partial charge in [-0.25, -0.2) is 4.39 Å². The molecule has 0 aromatic heterocycles. The van der Waals surface area contributed by atoms with E-state index in [9.17, 15) is 4.39 Å². The van der Waals surface area contributed by atoms with Crippen LogP contribution in [0.1, 0.15) is 12.0 Å². The van der Waals surface area contributed by atoms with E-state index in [1.807, 2.05) is 0 Å². The Bertz CT molecular complexity index is 414. The highest BCUT2D eigenvalue weighted by Crippen LogP contribution is 2.17. The summed E-state index contributed by atoms with van der Waals surface area (Å²) in [6.45, 7) is 5.29. The maximum absolute atomic E-state index is 13.9. The number of rotatable bonds is 4. The number of β-amino-alcohol motifs (C(OH)–C–C–N with tert-alkyl or cyclic N) is 1. The van der Waals surface area contributed by atoms with Crippen molar-refractivity contribution in [2.45, 2.75) is 13.0 Å². The average molecular weight is 267 g/mol. The first-order valence-electron chi connectivity index (χ1n) is 6.79. The number of hydrogen-bond acceptors (Lipinski definition) is 4. The van der Waals surface area contributed by atoms with Gasteiger partial charge in [-0.1, -0.05) is 12.1 Å². The Kier molecular flexibility index (Phi) is 5.13. The number of nitrogen functional groups attached to an aromatic ring is 1. The number of nitrogens with two attached hydrogens (primary N) is 1. The van der Waals surface area contributed by atoms with Crippen molar-refractivity contribution in [3.05, 3.63) is 29.6 Å². The predicted octanol–water partition coefficient (Wildman–Crippen LogP) is 0.908. The van der Waals surface area contributed by atoms with Gasteiger partial charge in [0.15, 0.2) is 5.82 Å². The maximum atomic E-state index is 13.9. The lowest BCUT2D eigenvalue weighted by Gasteiger charge is -2.21. The van der Waals surface area contributed by atoms with Crippen LogP contribution in [0.2, 0.25) is 0 Å². The molecule has 1 fully saturated rings. The quantitative estimate of drug-likeness (QED) is 0.796. The third kappa shape index (κ3) is 3.89. The van der Waals surface area contributed by atoms with Gasteiger partial charge in [0.25, 0.3) is 0 Å². The fourth-order valence-electron chi connectivity index (χ4n) is 2.51. The third-order valence-electron chi connectivity index (χ3n) is 3.60. The molecular formula is C14H22FN3O. The van der Waals surface area contributed by atoms with Crippen LogP contribution in [0.5, 0.6) is 0 Å². The summed E-state index contributed by atoms with van der Waals surface area (Å²) in [7, 11) is 0. The van der Waals surface area contributed by atoms with Crippen molar-refractivity contribution in [2.24, 2.45) is 0 Å². The van der Waals surface area contributed by atoms with Crippen LogP contribution in [0.25, 0.3) is 0 Å². The summed E-state index contributed by atoms with van der Waals surface area (Å²) < 4.78 is 13.9. The van der Waals surface area contributed by atoms with Gasteiger partial charge in [0.1, 0.15) is 0 Å². The molecule has 0 amide bonds. The molecule has 1 aliphatic heterocycles. The molecule has 1 heterocycles. The SMILES string of the molecule is Nc1cccc(CN2CCCN(CCO)CC2)c1F. The first-order valence-corrected chi connectivity index (χ1v) is 6.79. The van der Waals surface area contributed by atoms with E-state index in [0.29, 0.717) is 12.1 Å². The molecule has 1 saturated heterocycles. The lowest BCUT2D eigenvalue weighted by Crippen LogP contribution is -2.32. The summed E-state index contributed by atoms with van der Waals surface area (Å²) in [6, 6.07) is 5.18. The zero-order chi connectivity index (χ0) is 13.7. The van der Waals surface area contributed by atoms with Crippen LogP contribution < -0.4 is 5.73 Å². The van der Waals surface area contributed by atoms with Crippen LogP contribution in [0, 0.1) is 5.82 Å². The minimum atomic E-state index is -0.293. The summed E-state index contributed by atoms with van der Waals surface area (Å²) in [5.41, 5.74) is 6.47. The maximum Gasteiger partial charge on any atom is 0.150 e. The van der Waals surface area contributed by atoms with Gasteiger partial charge in [-0.3, -0.25) is 9.80 Å². The van der Waals surface area contributed by atoms with E-state index in [1.165, 1.54) is 0 Å². The minimum absolute atomic E-state index is 0.198. The van der Waals surface area contributed by atoms with E-state index in [1.54, 1.807) is 18.2 Å². The first kappa shape index (κ1) is 14.2. The molecule has 0 radical (unpaired) electrons. The molecular weight excluding hydrogens is 245 g/mol. The number of nitrogens with zero attached hydrogens (tertiary/aromatic N) is 2. The Morgan fingerprint density at radius 1 is 1.16 bits per heavy atom. The number of aliphatic hydroxyl groups is 1. The molecule has 0 aliphatic carbocycles. The van der Waals surface area contributed by atoms with Crippen LogP contribution in [0.3, 0.4) is 0 Å². The molecule has 1 aromatic rings. The van der Waals surface area contributed by atoms with Gasteiger partial charge in [0.05, 0.1) is 12.3 Å². The van der Waals surface area contributed by atoms with Gasteiger partial charge in [-0.2, -0.15) is 0 Å². The van der Waals surface area contributed by atoms with E-state index in [0.717, 1.165) is 39.1 Å². The molecule has 0 saturated carbocycles. The largest absolute Gasteiger partial charge is 0.396 e. The van der Waals surface area contributed by atoms with Gasteiger partial charge < -0.3 is 10.8 Å². The highest BCUT2D eigenvalue weighted by Gasteiger charge is 2.16. The fraction of sp³-hybridized carbons (Fsp3) is 0.571. The second-order valence-electron chi connectivity index (χ2n) is 5.02. The van der Waals surface area contributed by atoms with Crippen LogP contribution in [-0.2, 0) is 6.54 Å². The number of hydrogen-bond donors (Lipinski definition) is 2. The van der Waals surface area contributed by atoms with Crippen molar-refractivity contribution < 1.29 is 9.50 Å². The molecule has 5 heteroatoms. The number of benzene rings is 1. The van der Waals surface area contributed by atoms with E-state index < -0.39 is 0 Å². The van der Waals surface area contributed by atoms with E-state index in [-0.39, 0.29) is 18.1 Å². The van der Waals surface area contributed by atoms with Crippen molar-refractivity contribution in [3.63, 3.8) is 0 Å². The number of aliphatic hydroxyl groups excluding tert-OH is 1. The summed E-state index contributed by atoms with van der Waals surface area (Å²) >= 11 is 0. The molecule has 1 aromatic carbocycles. The van der Waals surface area contributed by atoms with E-state index in [4.69, 9.17) is 10.8 Å². The summed E-state index contributed by atoms with van der Waals surface area (Å²) in [4.78, 5) is 4.49. The molecule has 1 aliphatic rings. The molecule has 4 nitrogen and oxygen atoms in total. The second kappa shape index (κ2) is 6.84. The zero-order valence-electron chi connectivity index (χ0n) is 11.2. The van der Waals surface area contributed by atoms with Crippen molar-refractivity contribution in [2.75, 3.05) is 45.1 Å². The summed E-state index contributed by atoms with van der Waals surface area (Å²) in [5.74, 6) is -0.293. The zero-order valence-corrected chi connectivity index (χ0v) is 11.2. The van der Waals surface area contributed by atoms with Crippen LogP contribution in [0.15, 0.2) is 18.2 Å². The van der Waals surface area contributed by atoms with E-state index >= 15 is 0 Å². The molecule has 106 valence electrons. The van der Waals surface area contributed by atoms with Crippen molar-refractivity contribution in [3.8, 4) is 0 Å². The van der Waals surface area contributed by atoms with Gasteiger partial charge in [0, 0.05) is 31.7 Å². The fourth-order valence-corrected chi connectivity index (χ4v) is 2.51. The molecule has 0 spiro atoms. The van der Waals surface area contributed by atoms with Gasteiger partial charge in [-0.15, -0.1) is 0 Å². The molecule has 0 atom stereocenters. The smallest absolute Gasteiger partial charge is 0.150 e. The number of anilines is 1. The Morgan fingerprint density at radius 3 is 2.68 bits per heavy atom. The van der Waals surface area contributed by atoms with E-state index in [2.05, 4.69) is 9.80 Å². The summed E-state index contributed by atoms with van der Waals surface area (Å²) in [5, 5.41) is 8.96. The van der Waals surface area contributed by atoms with Gasteiger partial charge >= 0.3 is 0 Å². The predicted molar refractivity (Wildman–Crippen MR) is 74.2 cm³/mol. The lowest BCUT2D eigenvalue weighted by molar-refractivity contribution is 0.195. The summed E-state index contributed by atoms with van der Waals surface area (Å²) in [6.07, 6.45) is 1.05. The normalized spacial score (nSPS) is 18.4. The molecule has 2 rings (SSSR count). The number of halogens is 1. The third-order valence-corrected chi connectivity index (χ3v) is 3.60. The molecule has 19 heavy (non-hydrogen) atoms. The standard InChI is InChI=1S/C14H22FN3O/c15-14-12(3-1-4-13(14)16)11-18-6-2-5-17(7-8-18)9-10-19/h1,3-4,19H,2,5-11,16H2. The Hall–Kier alpha value is -1.17. The Morgan fingerprint density at radius 2 is 1.89 bits per heavy atom. The minimum Gasteiger partial charge on any atom is -0.396 e. The Labute approximate surface area is 113 Å². The second-order valence-corrected chi connectivity index (χ2v) is 5.02. The van der Waals surface area contributed by atoms with Crippen LogP contribution >= 0.6 is 0 Å². The lowest BCUT2D eigenvalue weighted by atomic mass is 10.1. The van der Waals surface area contributed by atoms with Crippen molar-refractivity contribution >= 4 is 5.69 Å². The van der Waals surface area contributed by atoms with Gasteiger partial charge in [-0.05, 0) is 25.6 Å². The average Bonchev–Trinajstić information content (AvgIpc) is 2.61. The molecule has 0 bridgehead atoms.